The minimum absolute atomic E-state index is 0.0715. The van der Waals surface area contributed by atoms with E-state index in [9.17, 15) is 9.18 Å². The van der Waals surface area contributed by atoms with E-state index in [2.05, 4.69) is 15.0 Å². The lowest BCUT2D eigenvalue weighted by Crippen LogP contribution is -2.28. The minimum atomic E-state index is -0.277. The van der Waals surface area contributed by atoms with Gasteiger partial charge in [0, 0.05) is 6.54 Å². The van der Waals surface area contributed by atoms with Crippen LogP contribution >= 0.6 is 0 Å². The van der Waals surface area contributed by atoms with Crippen LogP contribution in [0.3, 0.4) is 0 Å². The van der Waals surface area contributed by atoms with Crippen molar-refractivity contribution in [3.63, 3.8) is 0 Å². The summed E-state index contributed by atoms with van der Waals surface area (Å²) >= 11 is 0. The maximum atomic E-state index is 13.3. The fourth-order valence-corrected chi connectivity index (χ4v) is 3.59. The van der Waals surface area contributed by atoms with Crippen LogP contribution < -0.4 is 10.5 Å². The molecule has 136 valence electrons. The number of halogens is 1. The van der Waals surface area contributed by atoms with E-state index < -0.39 is 0 Å². The monoisotopic (exact) mass is 355 g/mol. The predicted octanol–water partition coefficient (Wildman–Crippen LogP) is 3.36. The van der Waals surface area contributed by atoms with Gasteiger partial charge in [-0.05, 0) is 51.3 Å². The van der Waals surface area contributed by atoms with Crippen molar-refractivity contribution >= 4 is 17.0 Å². The molecule has 3 aromatic rings. The number of anilines is 1. The van der Waals surface area contributed by atoms with Gasteiger partial charge in [-0.25, -0.2) is 9.07 Å². The average Bonchev–Trinajstić information content (AvgIpc) is 3.21. The molecule has 1 aliphatic heterocycles. The van der Waals surface area contributed by atoms with Crippen LogP contribution in [0.1, 0.15) is 45.2 Å². The van der Waals surface area contributed by atoms with E-state index in [1.807, 2.05) is 20.8 Å². The molecular weight excluding hydrogens is 333 g/mol. The zero-order chi connectivity index (χ0) is 18.5. The second-order valence-corrected chi connectivity index (χ2v) is 7.76. The normalized spacial score (nSPS) is 18.0. The Kier molecular flexibility index (Phi) is 3.82. The Labute approximate surface area is 150 Å². The van der Waals surface area contributed by atoms with Crippen molar-refractivity contribution in [2.24, 2.45) is 0 Å². The molecule has 1 unspecified atom stereocenters. The number of benzene rings is 1. The number of aromatic amines is 1. The lowest BCUT2D eigenvalue weighted by atomic mass is 10.0. The van der Waals surface area contributed by atoms with Gasteiger partial charge >= 0.3 is 0 Å². The Bertz CT molecular complexity index is 999. The molecule has 1 aromatic carbocycles. The largest absolute Gasteiger partial charge is 0.335 e. The zero-order valence-corrected chi connectivity index (χ0v) is 15.2. The summed E-state index contributed by atoms with van der Waals surface area (Å²) in [5.74, 6) is 0.292. The highest BCUT2D eigenvalue weighted by Crippen LogP contribution is 2.34. The second-order valence-electron chi connectivity index (χ2n) is 7.76. The maximum Gasteiger partial charge on any atom is 0.263 e. The van der Waals surface area contributed by atoms with E-state index in [1.54, 1.807) is 23.0 Å². The third-order valence-corrected chi connectivity index (χ3v) is 4.84. The van der Waals surface area contributed by atoms with Gasteiger partial charge in [0.05, 0.1) is 17.8 Å². The van der Waals surface area contributed by atoms with E-state index in [-0.39, 0.29) is 23.0 Å². The fraction of sp³-hybridized carbons (Fsp3) is 0.421. The summed E-state index contributed by atoms with van der Waals surface area (Å²) in [5, 5.41) is 4.84. The number of H-pyrrole nitrogens is 1. The maximum absolute atomic E-state index is 13.3. The van der Waals surface area contributed by atoms with Crippen molar-refractivity contribution in [1.29, 1.82) is 0 Å². The number of rotatable bonds is 2. The Morgan fingerprint density at radius 2 is 1.96 bits per heavy atom. The Morgan fingerprint density at radius 3 is 2.65 bits per heavy atom. The van der Waals surface area contributed by atoms with Gasteiger partial charge in [-0.15, -0.1) is 0 Å². The molecule has 6 nitrogen and oxygen atoms in total. The van der Waals surface area contributed by atoms with Crippen LogP contribution in [0.25, 0.3) is 11.0 Å². The van der Waals surface area contributed by atoms with E-state index in [0.717, 1.165) is 24.9 Å². The van der Waals surface area contributed by atoms with Gasteiger partial charge in [-0.1, -0.05) is 12.1 Å². The zero-order valence-electron chi connectivity index (χ0n) is 15.2. The molecular formula is C19H22FN5O. The summed E-state index contributed by atoms with van der Waals surface area (Å²) in [7, 11) is 0. The molecule has 0 aliphatic carbocycles. The summed E-state index contributed by atoms with van der Waals surface area (Å²) in [6, 6.07) is 6.62. The molecule has 7 heteroatoms. The van der Waals surface area contributed by atoms with Crippen LogP contribution in [-0.2, 0) is 5.54 Å². The quantitative estimate of drug-likeness (QED) is 0.765. The fourth-order valence-electron chi connectivity index (χ4n) is 3.59. The summed E-state index contributed by atoms with van der Waals surface area (Å²) in [6.45, 7) is 6.87. The number of hydrogen-bond donors (Lipinski definition) is 1. The van der Waals surface area contributed by atoms with Gasteiger partial charge in [0.25, 0.3) is 5.56 Å². The first-order valence-electron chi connectivity index (χ1n) is 8.85. The number of nitrogens with one attached hydrogen (secondary N) is 1. The molecule has 0 radical (unpaired) electrons. The van der Waals surface area contributed by atoms with Crippen LogP contribution in [0.5, 0.6) is 0 Å². The van der Waals surface area contributed by atoms with Crippen LogP contribution in [0.15, 0.2) is 35.3 Å². The highest BCUT2D eigenvalue weighted by atomic mass is 19.1. The molecule has 0 bridgehead atoms. The highest BCUT2D eigenvalue weighted by Gasteiger charge is 2.29. The van der Waals surface area contributed by atoms with Crippen molar-refractivity contribution in [3.05, 3.63) is 52.2 Å². The lowest BCUT2D eigenvalue weighted by Gasteiger charge is -2.26. The van der Waals surface area contributed by atoms with Gasteiger partial charge in [0.15, 0.2) is 5.65 Å². The molecule has 0 spiro atoms. The Hall–Kier alpha value is -2.70. The molecule has 1 aliphatic rings. The molecule has 4 rings (SSSR count). The summed E-state index contributed by atoms with van der Waals surface area (Å²) in [6.07, 6.45) is 3.49. The average molecular weight is 355 g/mol. The topological polar surface area (TPSA) is 66.8 Å². The molecule has 1 fully saturated rings. The van der Waals surface area contributed by atoms with Crippen LogP contribution in [-0.4, -0.2) is 26.3 Å². The molecule has 3 heterocycles. The van der Waals surface area contributed by atoms with E-state index in [1.165, 1.54) is 12.1 Å². The van der Waals surface area contributed by atoms with Crippen molar-refractivity contribution in [3.8, 4) is 0 Å². The smallest absolute Gasteiger partial charge is 0.263 e. The van der Waals surface area contributed by atoms with Crippen molar-refractivity contribution in [1.82, 2.24) is 19.7 Å². The van der Waals surface area contributed by atoms with Gasteiger partial charge < -0.3 is 4.90 Å². The number of aromatic nitrogens is 4. The van der Waals surface area contributed by atoms with Gasteiger partial charge in [0.2, 0.25) is 5.95 Å². The first-order chi connectivity index (χ1) is 12.3. The molecule has 1 N–H and O–H groups in total. The third kappa shape index (κ3) is 2.77. The summed E-state index contributed by atoms with van der Waals surface area (Å²) in [5.41, 5.74) is 1.14. The van der Waals surface area contributed by atoms with E-state index in [0.29, 0.717) is 17.0 Å². The van der Waals surface area contributed by atoms with Crippen LogP contribution in [0, 0.1) is 5.82 Å². The standard InChI is InChI=1S/C19H22FN5O/c1-19(2,3)25-16-14(11-21-25)17(26)23-18(22-16)24-10-4-5-15(24)12-6-8-13(20)9-7-12/h6-9,11,15H,4-5,10H2,1-3H3,(H,22,23,26). The van der Waals surface area contributed by atoms with Gasteiger partial charge in [0.1, 0.15) is 11.2 Å². The molecule has 0 saturated carbocycles. The number of fused-ring (bicyclic) bond motifs is 1. The number of nitrogens with zero attached hydrogens (tertiary/aromatic N) is 4. The van der Waals surface area contributed by atoms with E-state index >= 15 is 0 Å². The predicted molar refractivity (Wildman–Crippen MR) is 98.9 cm³/mol. The van der Waals surface area contributed by atoms with Gasteiger partial charge in [-0.3, -0.25) is 9.78 Å². The molecule has 26 heavy (non-hydrogen) atoms. The minimum Gasteiger partial charge on any atom is -0.335 e. The van der Waals surface area contributed by atoms with Crippen LogP contribution in [0.4, 0.5) is 10.3 Å². The molecule has 2 aromatic heterocycles. The first-order valence-corrected chi connectivity index (χ1v) is 8.85. The highest BCUT2D eigenvalue weighted by molar-refractivity contribution is 5.75. The van der Waals surface area contributed by atoms with E-state index in [4.69, 9.17) is 4.98 Å². The van der Waals surface area contributed by atoms with Crippen LogP contribution in [0.2, 0.25) is 0 Å². The Morgan fingerprint density at radius 1 is 1.23 bits per heavy atom. The molecule has 1 saturated heterocycles. The lowest BCUT2D eigenvalue weighted by molar-refractivity contribution is 0.366. The molecule has 0 amide bonds. The summed E-state index contributed by atoms with van der Waals surface area (Å²) < 4.78 is 15.0. The van der Waals surface area contributed by atoms with Gasteiger partial charge in [-0.2, -0.15) is 10.1 Å². The summed E-state index contributed by atoms with van der Waals surface area (Å²) in [4.78, 5) is 22.3. The van der Waals surface area contributed by atoms with Crippen molar-refractivity contribution in [2.75, 3.05) is 11.4 Å². The van der Waals surface area contributed by atoms with Crippen molar-refractivity contribution < 1.29 is 4.39 Å². The molecule has 1 atom stereocenters. The van der Waals surface area contributed by atoms with Crippen molar-refractivity contribution in [2.45, 2.75) is 45.2 Å². The first kappa shape index (κ1) is 16.8. The second kappa shape index (κ2) is 5.93. The SMILES string of the molecule is CC(C)(C)n1ncc2c(=O)[nH]c(N3CCCC3c3ccc(F)cc3)nc21. The third-order valence-electron chi connectivity index (χ3n) is 4.84. The Balaban J connectivity index is 1.80. The number of hydrogen-bond acceptors (Lipinski definition) is 4.